The van der Waals surface area contributed by atoms with E-state index in [0.717, 1.165) is 90.7 Å². The van der Waals surface area contributed by atoms with Gasteiger partial charge in [-0.25, -0.2) is 0 Å². The first-order chi connectivity index (χ1) is 14.7. The number of guanidine groups is 1. The molecule has 1 atom stereocenters. The fourth-order valence-electron chi connectivity index (χ4n) is 4.36. The second-order valence-electron chi connectivity index (χ2n) is 8.38. The monoisotopic (exact) mass is 542 g/mol. The Morgan fingerprint density at radius 3 is 2.55 bits per heavy atom. The van der Waals surface area contributed by atoms with E-state index in [-0.39, 0.29) is 35.8 Å². The second-order valence-corrected chi connectivity index (χ2v) is 8.38. The van der Waals surface area contributed by atoms with Gasteiger partial charge in [0.1, 0.15) is 0 Å². The number of amides is 1. The summed E-state index contributed by atoms with van der Waals surface area (Å²) >= 11 is 0. The first-order valence-electron chi connectivity index (χ1n) is 11.5. The van der Waals surface area contributed by atoms with E-state index in [1.165, 1.54) is 5.56 Å². The standard InChI is InChI=1S/C23H38N6O.HI/c1-2-25-23(26-11-7-13-27-12-6-10-21(19-27)22(24)30)29-16-14-28(15-17-29)18-20-8-4-3-5-9-20;/h3-5,8-9,21H,2,6-7,10-19H2,1H3,(H2,24,30)(H,25,26);1H. The summed E-state index contributed by atoms with van der Waals surface area (Å²) in [6, 6.07) is 10.7. The molecule has 0 aromatic heterocycles. The highest BCUT2D eigenvalue weighted by atomic mass is 127. The minimum absolute atomic E-state index is 0. The van der Waals surface area contributed by atoms with Crippen LogP contribution in [-0.2, 0) is 11.3 Å². The number of rotatable bonds is 8. The Labute approximate surface area is 204 Å². The predicted molar refractivity (Wildman–Crippen MR) is 138 cm³/mol. The highest BCUT2D eigenvalue weighted by molar-refractivity contribution is 14.0. The smallest absolute Gasteiger partial charge is 0.221 e. The van der Waals surface area contributed by atoms with Crippen LogP contribution < -0.4 is 11.1 Å². The minimum atomic E-state index is -0.154. The SMILES string of the molecule is CCNC(=NCCCN1CCCC(C(N)=O)C1)N1CCN(Cc2ccccc2)CC1.I. The van der Waals surface area contributed by atoms with E-state index in [9.17, 15) is 4.79 Å². The van der Waals surface area contributed by atoms with Crippen molar-refractivity contribution < 1.29 is 4.79 Å². The van der Waals surface area contributed by atoms with E-state index in [1.807, 2.05) is 0 Å². The van der Waals surface area contributed by atoms with Crippen molar-refractivity contribution in [3.05, 3.63) is 35.9 Å². The van der Waals surface area contributed by atoms with Gasteiger partial charge in [0, 0.05) is 52.4 Å². The number of nitrogens with two attached hydrogens (primary N) is 1. The lowest BCUT2D eigenvalue weighted by Gasteiger charge is -2.36. The van der Waals surface area contributed by atoms with Crippen LogP contribution in [0.15, 0.2) is 35.3 Å². The average Bonchev–Trinajstić information content (AvgIpc) is 2.77. The van der Waals surface area contributed by atoms with Crippen molar-refractivity contribution in [2.75, 3.05) is 58.9 Å². The first-order valence-corrected chi connectivity index (χ1v) is 11.5. The minimum Gasteiger partial charge on any atom is -0.369 e. The van der Waals surface area contributed by atoms with Crippen LogP contribution in [-0.4, -0.2) is 85.5 Å². The molecule has 3 rings (SSSR count). The summed E-state index contributed by atoms with van der Waals surface area (Å²) in [6.07, 6.45) is 3.01. The molecule has 2 aliphatic rings. The molecule has 1 aromatic rings. The second kappa shape index (κ2) is 13.9. The summed E-state index contributed by atoms with van der Waals surface area (Å²) < 4.78 is 0. The summed E-state index contributed by atoms with van der Waals surface area (Å²) in [4.78, 5) is 23.6. The Hall–Kier alpha value is -1.39. The summed E-state index contributed by atoms with van der Waals surface area (Å²) in [5, 5.41) is 3.46. The third-order valence-corrected chi connectivity index (χ3v) is 6.06. The zero-order chi connectivity index (χ0) is 21.2. The summed E-state index contributed by atoms with van der Waals surface area (Å²) in [5.41, 5.74) is 6.87. The highest BCUT2D eigenvalue weighted by Crippen LogP contribution is 2.16. The lowest BCUT2D eigenvalue weighted by molar-refractivity contribution is -0.123. The lowest BCUT2D eigenvalue weighted by Crippen LogP contribution is -2.52. The molecule has 2 aliphatic heterocycles. The normalized spacial score (nSPS) is 20.9. The summed E-state index contributed by atoms with van der Waals surface area (Å²) in [7, 11) is 0. The number of nitrogens with one attached hydrogen (secondary N) is 1. The Bertz CT molecular complexity index is 678. The third-order valence-electron chi connectivity index (χ3n) is 6.06. The third kappa shape index (κ3) is 8.57. The fourth-order valence-corrected chi connectivity index (χ4v) is 4.36. The molecule has 0 spiro atoms. The number of benzene rings is 1. The molecule has 0 bridgehead atoms. The number of hydrogen-bond donors (Lipinski definition) is 2. The van der Waals surface area contributed by atoms with E-state index in [4.69, 9.17) is 10.7 Å². The van der Waals surface area contributed by atoms with Gasteiger partial charge in [0.05, 0.1) is 5.92 Å². The molecule has 1 amide bonds. The molecule has 0 aliphatic carbocycles. The van der Waals surface area contributed by atoms with Crippen molar-refractivity contribution in [1.82, 2.24) is 20.0 Å². The van der Waals surface area contributed by atoms with Crippen LogP contribution in [0.3, 0.4) is 0 Å². The van der Waals surface area contributed by atoms with Gasteiger partial charge in [-0.2, -0.15) is 0 Å². The van der Waals surface area contributed by atoms with Crippen LogP contribution in [0, 0.1) is 5.92 Å². The molecule has 7 nitrogen and oxygen atoms in total. The average molecular weight is 543 g/mol. The molecule has 31 heavy (non-hydrogen) atoms. The molecular weight excluding hydrogens is 503 g/mol. The van der Waals surface area contributed by atoms with E-state index in [1.54, 1.807) is 0 Å². The van der Waals surface area contributed by atoms with Gasteiger partial charge in [-0.05, 0) is 44.8 Å². The number of hydrogen-bond acceptors (Lipinski definition) is 4. The van der Waals surface area contributed by atoms with Gasteiger partial charge in [-0.3, -0.25) is 14.7 Å². The predicted octanol–water partition coefficient (Wildman–Crippen LogP) is 1.98. The molecule has 174 valence electrons. The molecule has 1 aromatic carbocycles. The van der Waals surface area contributed by atoms with Crippen LogP contribution in [0.5, 0.6) is 0 Å². The van der Waals surface area contributed by atoms with E-state index in [2.05, 4.69) is 57.3 Å². The fraction of sp³-hybridized carbons (Fsp3) is 0.652. The largest absolute Gasteiger partial charge is 0.369 e. The van der Waals surface area contributed by atoms with Gasteiger partial charge in [0.25, 0.3) is 0 Å². The van der Waals surface area contributed by atoms with E-state index >= 15 is 0 Å². The molecule has 0 saturated carbocycles. The molecule has 0 radical (unpaired) electrons. The number of carbonyl (C=O) groups is 1. The number of nitrogens with zero attached hydrogens (tertiary/aromatic N) is 4. The Morgan fingerprint density at radius 2 is 1.87 bits per heavy atom. The van der Waals surface area contributed by atoms with Crippen molar-refractivity contribution in [3.8, 4) is 0 Å². The van der Waals surface area contributed by atoms with Crippen molar-refractivity contribution >= 4 is 35.8 Å². The number of halogens is 1. The van der Waals surface area contributed by atoms with Crippen molar-refractivity contribution in [1.29, 1.82) is 0 Å². The Morgan fingerprint density at radius 1 is 1.13 bits per heavy atom. The molecule has 8 heteroatoms. The van der Waals surface area contributed by atoms with E-state index < -0.39 is 0 Å². The zero-order valence-electron chi connectivity index (χ0n) is 18.8. The number of likely N-dealkylation sites (tertiary alicyclic amines) is 1. The topological polar surface area (TPSA) is 77.2 Å². The molecule has 3 N–H and O–H groups in total. The van der Waals surface area contributed by atoms with Gasteiger partial charge < -0.3 is 20.9 Å². The van der Waals surface area contributed by atoms with Crippen LogP contribution in [0.25, 0.3) is 0 Å². The maximum absolute atomic E-state index is 11.4. The zero-order valence-corrected chi connectivity index (χ0v) is 21.2. The number of primary amides is 1. The molecule has 2 saturated heterocycles. The maximum Gasteiger partial charge on any atom is 0.221 e. The van der Waals surface area contributed by atoms with Crippen LogP contribution in [0.1, 0.15) is 31.7 Å². The van der Waals surface area contributed by atoms with Gasteiger partial charge in [0.15, 0.2) is 5.96 Å². The number of aliphatic imine (C=N–C) groups is 1. The van der Waals surface area contributed by atoms with Crippen LogP contribution in [0.2, 0.25) is 0 Å². The number of carbonyl (C=O) groups excluding carboxylic acids is 1. The number of piperidine rings is 1. The number of piperazine rings is 1. The highest BCUT2D eigenvalue weighted by Gasteiger charge is 2.23. The quantitative estimate of drug-likeness (QED) is 0.228. The van der Waals surface area contributed by atoms with Crippen molar-refractivity contribution in [2.24, 2.45) is 16.6 Å². The molecule has 1 unspecified atom stereocenters. The van der Waals surface area contributed by atoms with Gasteiger partial charge >= 0.3 is 0 Å². The molecule has 2 heterocycles. The molecular formula is C23H39IN6O. The van der Waals surface area contributed by atoms with Gasteiger partial charge in [-0.1, -0.05) is 30.3 Å². The lowest BCUT2D eigenvalue weighted by atomic mass is 9.97. The van der Waals surface area contributed by atoms with Crippen molar-refractivity contribution in [2.45, 2.75) is 32.7 Å². The van der Waals surface area contributed by atoms with E-state index in [0.29, 0.717) is 0 Å². The van der Waals surface area contributed by atoms with Crippen LogP contribution in [0.4, 0.5) is 0 Å². The Kier molecular flexibility index (Phi) is 11.6. The van der Waals surface area contributed by atoms with Gasteiger partial charge in [-0.15, -0.1) is 24.0 Å². The van der Waals surface area contributed by atoms with Gasteiger partial charge in [0.2, 0.25) is 5.91 Å². The first kappa shape index (κ1) is 25.9. The molecule has 2 fully saturated rings. The van der Waals surface area contributed by atoms with Crippen LogP contribution >= 0.6 is 24.0 Å². The van der Waals surface area contributed by atoms with Crippen molar-refractivity contribution in [3.63, 3.8) is 0 Å². The summed E-state index contributed by atoms with van der Waals surface area (Å²) in [5.74, 6) is 0.899. The maximum atomic E-state index is 11.4. The Balaban J connectivity index is 0.00000341. The summed E-state index contributed by atoms with van der Waals surface area (Å²) in [6.45, 7) is 11.8.